The number of pyridine rings is 2. The molecule has 2 aliphatic heterocycles. The Kier molecular flexibility index (Phi) is 7.34. The Balaban J connectivity index is 1.58. The average molecular weight is 451 g/mol. The van der Waals surface area contributed by atoms with Gasteiger partial charge in [0.15, 0.2) is 0 Å². The van der Waals surface area contributed by atoms with Gasteiger partial charge in [-0.25, -0.2) is 0 Å². The van der Waals surface area contributed by atoms with Crippen LogP contribution in [-0.2, 0) is 0 Å². The SMILES string of the molecule is C(=C\c1cc(N2CCCCC2)c(/C=C/c2ccncc2)cc1N1CCCCC1)/c1ccncc1. The van der Waals surface area contributed by atoms with Crippen LogP contribution in [0.1, 0.15) is 60.8 Å². The first-order chi connectivity index (χ1) is 16.9. The van der Waals surface area contributed by atoms with Crippen LogP contribution in [0.3, 0.4) is 0 Å². The highest BCUT2D eigenvalue weighted by Crippen LogP contribution is 2.35. The van der Waals surface area contributed by atoms with Crippen molar-refractivity contribution in [2.24, 2.45) is 0 Å². The molecule has 2 fully saturated rings. The van der Waals surface area contributed by atoms with Gasteiger partial charge in [0.2, 0.25) is 0 Å². The van der Waals surface area contributed by atoms with Crippen LogP contribution in [0.25, 0.3) is 24.3 Å². The average Bonchev–Trinajstić information content (AvgIpc) is 2.93. The molecule has 0 bridgehead atoms. The third-order valence-electron chi connectivity index (χ3n) is 6.89. The highest BCUT2D eigenvalue weighted by atomic mass is 15.1. The second-order valence-corrected chi connectivity index (χ2v) is 9.29. The molecule has 0 atom stereocenters. The highest BCUT2D eigenvalue weighted by molar-refractivity contribution is 5.86. The second kappa shape index (κ2) is 11.1. The normalized spacial score (nSPS) is 17.1. The molecule has 0 amide bonds. The Morgan fingerprint density at radius 1 is 0.500 bits per heavy atom. The van der Waals surface area contributed by atoms with Crippen LogP contribution in [0.5, 0.6) is 0 Å². The van der Waals surface area contributed by atoms with Gasteiger partial charge in [-0.3, -0.25) is 9.97 Å². The summed E-state index contributed by atoms with van der Waals surface area (Å²) in [6.45, 7) is 4.53. The molecule has 0 unspecified atom stereocenters. The minimum absolute atomic E-state index is 1.13. The molecule has 5 rings (SSSR count). The molecule has 0 radical (unpaired) electrons. The molecule has 4 nitrogen and oxygen atoms in total. The van der Waals surface area contributed by atoms with Crippen LogP contribution in [0.2, 0.25) is 0 Å². The maximum absolute atomic E-state index is 4.16. The minimum Gasteiger partial charge on any atom is -0.371 e. The van der Waals surface area contributed by atoms with Crippen LogP contribution < -0.4 is 9.80 Å². The number of aromatic nitrogens is 2. The first-order valence-corrected chi connectivity index (χ1v) is 12.7. The van der Waals surface area contributed by atoms with E-state index in [9.17, 15) is 0 Å². The van der Waals surface area contributed by atoms with Gasteiger partial charge in [0, 0.05) is 62.3 Å². The molecule has 34 heavy (non-hydrogen) atoms. The predicted molar refractivity (Wildman–Crippen MR) is 145 cm³/mol. The van der Waals surface area contributed by atoms with Crippen LogP contribution >= 0.6 is 0 Å². The van der Waals surface area contributed by atoms with Crippen molar-refractivity contribution in [3.8, 4) is 0 Å². The fourth-order valence-corrected chi connectivity index (χ4v) is 5.01. The summed E-state index contributed by atoms with van der Waals surface area (Å²) >= 11 is 0. The van der Waals surface area contributed by atoms with Crippen LogP contribution in [0.15, 0.2) is 61.2 Å². The molecule has 0 aliphatic carbocycles. The zero-order chi connectivity index (χ0) is 23.0. The summed E-state index contributed by atoms with van der Waals surface area (Å²) < 4.78 is 0. The van der Waals surface area contributed by atoms with Gasteiger partial charge in [-0.05, 0) is 97.2 Å². The van der Waals surface area contributed by atoms with E-state index in [2.05, 4.69) is 80.5 Å². The van der Waals surface area contributed by atoms with Crippen molar-refractivity contribution in [2.75, 3.05) is 36.0 Å². The first kappa shape index (κ1) is 22.4. The van der Waals surface area contributed by atoms with Gasteiger partial charge < -0.3 is 9.80 Å². The number of benzene rings is 1. The summed E-state index contributed by atoms with van der Waals surface area (Å²) in [5.41, 5.74) is 7.67. The zero-order valence-corrected chi connectivity index (χ0v) is 19.9. The van der Waals surface area contributed by atoms with Crippen molar-refractivity contribution in [3.63, 3.8) is 0 Å². The molecule has 2 aromatic heterocycles. The van der Waals surface area contributed by atoms with Crippen LogP contribution in [0.4, 0.5) is 11.4 Å². The maximum atomic E-state index is 4.16. The highest BCUT2D eigenvalue weighted by Gasteiger charge is 2.19. The van der Waals surface area contributed by atoms with E-state index in [0.29, 0.717) is 0 Å². The van der Waals surface area contributed by atoms with E-state index in [0.717, 1.165) is 26.2 Å². The summed E-state index contributed by atoms with van der Waals surface area (Å²) in [5, 5.41) is 0. The van der Waals surface area contributed by atoms with Crippen molar-refractivity contribution in [3.05, 3.63) is 83.4 Å². The zero-order valence-electron chi connectivity index (χ0n) is 19.9. The molecule has 4 heteroatoms. The van der Waals surface area contributed by atoms with Gasteiger partial charge >= 0.3 is 0 Å². The Morgan fingerprint density at radius 2 is 0.882 bits per heavy atom. The molecular weight excluding hydrogens is 416 g/mol. The topological polar surface area (TPSA) is 32.3 Å². The molecule has 4 heterocycles. The number of anilines is 2. The van der Waals surface area contributed by atoms with Crippen LogP contribution in [-0.4, -0.2) is 36.1 Å². The predicted octanol–water partition coefficient (Wildman–Crippen LogP) is 6.80. The monoisotopic (exact) mass is 450 g/mol. The van der Waals surface area contributed by atoms with Crippen LogP contribution in [0, 0.1) is 0 Å². The third kappa shape index (κ3) is 5.56. The fraction of sp³-hybridized carbons (Fsp3) is 0.333. The second-order valence-electron chi connectivity index (χ2n) is 9.29. The maximum Gasteiger partial charge on any atom is 0.0447 e. The van der Waals surface area contributed by atoms with Crippen molar-refractivity contribution < 1.29 is 0 Å². The number of nitrogens with zero attached hydrogens (tertiary/aromatic N) is 4. The van der Waals surface area contributed by atoms with Gasteiger partial charge in [0.05, 0.1) is 0 Å². The first-order valence-electron chi connectivity index (χ1n) is 12.7. The van der Waals surface area contributed by atoms with Gasteiger partial charge in [-0.2, -0.15) is 0 Å². The quantitative estimate of drug-likeness (QED) is 0.413. The van der Waals surface area contributed by atoms with E-state index < -0.39 is 0 Å². The minimum atomic E-state index is 1.13. The van der Waals surface area contributed by atoms with Gasteiger partial charge in [0.25, 0.3) is 0 Å². The van der Waals surface area contributed by atoms with E-state index >= 15 is 0 Å². The smallest absolute Gasteiger partial charge is 0.0447 e. The molecule has 0 N–H and O–H groups in total. The van der Waals surface area contributed by atoms with E-state index in [1.165, 1.54) is 72.2 Å². The lowest BCUT2D eigenvalue weighted by Gasteiger charge is -2.34. The van der Waals surface area contributed by atoms with E-state index in [-0.39, 0.29) is 0 Å². The Labute approximate surface area is 203 Å². The standard InChI is InChI=1S/C30H34N4/c1-3-19-33(20-4-1)29-23-28(10-8-26-13-17-32-18-14-26)30(34-21-5-2-6-22-34)24-27(29)9-7-25-11-15-31-16-12-25/h7-18,23-24H,1-6,19-22H2/b9-7+,10-8+. The molecule has 174 valence electrons. The summed E-state index contributed by atoms with van der Waals surface area (Å²) in [7, 11) is 0. The third-order valence-corrected chi connectivity index (χ3v) is 6.89. The number of hydrogen-bond acceptors (Lipinski definition) is 4. The number of hydrogen-bond donors (Lipinski definition) is 0. The summed E-state index contributed by atoms with van der Waals surface area (Å²) in [6, 6.07) is 13.1. The van der Waals surface area contributed by atoms with Crippen molar-refractivity contribution >= 4 is 35.7 Å². The fourth-order valence-electron chi connectivity index (χ4n) is 5.01. The molecule has 2 saturated heterocycles. The lowest BCUT2D eigenvalue weighted by Crippen LogP contribution is -2.32. The Morgan fingerprint density at radius 3 is 1.26 bits per heavy atom. The summed E-state index contributed by atoms with van der Waals surface area (Å²) in [5.74, 6) is 0. The Bertz CT molecular complexity index is 1020. The van der Waals surface area contributed by atoms with E-state index in [1.807, 2.05) is 24.8 Å². The summed E-state index contributed by atoms with van der Waals surface area (Å²) in [6.07, 6.45) is 24.2. The molecular formula is C30H34N4. The summed E-state index contributed by atoms with van der Waals surface area (Å²) in [4.78, 5) is 13.5. The van der Waals surface area contributed by atoms with Gasteiger partial charge in [-0.15, -0.1) is 0 Å². The van der Waals surface area contributed by atoms with E-state index in [1.54, 1.807) is 0 Å². The van der Waals surface area contributed by atoms with E-state index in [4.69, 9.17) is 0 Å². The lowest BCUT2D eigenvalue weighted by atomic mass is 9.99. The largest absolute Gasteiger partial charge is 0.371 e. The molecule has 1 aromatic carbocycles. The molecule has 0 saturated carbocycles. The number of piperidine rings is 2. The van der Waals surface area contributed by atoms with Crippen molar-refractivity contribution in [1.29, 1.82) is 0 Å². The molecule has 2 aliphatic rings. The molecule has 0 spiro atoms. The lowest BCUT2D eigenvalue weighted by molar-refractivity contribution is 0.575. The van der Waals surface area contributed by atoms with Gasteiger partial charge in [0.1, 0.15) is 0 Å². The molecule has 3 aromatic rings. The van der Waals surface area contributed by atoms with Crippen molar-refractivity contribution in [2.45, 2.75) is 38.5 Å². The van der Waals surface area contributed by atoms with Gasteiger partial charge in [-0.1, -0.05) is 24.3 Å². The van der Waals surface area contributed by atoms with Crippen molar-refractivity contribution in [1.82, 2.24) is 9.97 Å². The number of rotatable bonds is 6. The Hall–Kier alpha value is -3.40.